The van der Waals surface area contributed by atoms with Crippen LogP contribution >= 0.6 is 0 Å². The SMILES string of the molecule is N#Cc1ncn(CC(=O)c2cc3ccccc3o2)c1C#N. The van der Waals surface area contributed by atoms with E-state index >= 15 is 0 Å². The van der Waals surface area contributed by atoms with Gasteiger partial charge in [0.1, 0.15) is 17.7 Å². The summed E-state index contributed by atoms with van der Waals surface area (Å²) in [4.78, 5) is 16.0. The number of hydrogen-bond donors (Lipinski definition) is 0. The molecule has 6 nitrogen and oxygen atoms in total. The molecule has 0 aliphatic heterocycles. The Hall–Kier alpha value is -3.38. The van der Waals surface area contributed by atoms with E-state index in [1.165, 1.54) is 10.9 Å². The summed E-state index contributed by atoms with van der Waals surface area (Å²) in [5.41, 5.74) is 0.710. The van der Waals surface area contributed by atoms with Crippen molar-refractivity contribution in [1.29, 1.82) is 10.5 Å². The molecular formula is C15H8N4O2. The second-order valence-electron chi connectivity index (χ2n) is 4.36. The van der Waals surface area contributed by atoms with E-state index in [4.69, 9.17) is 14.9 Å². The summed E-state index contributed by atoms with van der Waals surface area (Å²) in [6, 6.07) is 12.6. The van der Waals surface area contributed by atoms with Gasteiger partial charge in [0.15, 0.2) is 17.1 Å². The molecule has 0 radical (unpaired) electrons. The Bertz CT molecular complexity index is 888. The summed E-state index contributed by atoms with van der Waals surface area (Å²) in [5.74, 6) is -0.0723. The van der Waals surface area contributed by atoms with Crippen LogP contribution in [0.15, 0.2) is 41.1 Å². The van der Waals surface area contributed by atoms with Gasteiger partial charge in [0.25, 0.3) is 0 Å². The first kappa shape index (κ1) is 12.6. The number of nitriles is 2. The van der Waals surface area contributed by atoms with E-state index in [1.807, 2.05) is 30.3 Å². The molecule has 0 N–H and O–H groups in total. The third-order valence-corrected chi connectivity index (χ3v) is 3.06. The average molecular weight is 276 g/mol. The maximum atomic E-state index is 12.2. The fraction of sp³-hybridized carbons (Fsp3) is 0.0667. The van der Waals surface area contributed by atoms with Gasteiger partial charge >= 0.3 is 0 Å². The lowest BCUT2D eigenvalue weighted by Gasteiger charge is -2.00. The molecule has 3 aromatic rings. The molecule has 2 aromatic heterocycles. The van der Waals surface area contributed by atoms with Crippen LogP contribution in [0.3, 0.4) is 0 Å². The van der Waals surface area contributed by atoms with Crippen molar-refractivity contribution < 1.29 is 9.21 Å². The normalized spacial score (nSPS) is 10.2. The third kappa shape index (κ3) is 2.15. The van der Waals surface area contributed by atoms with Crippen molar-refractivity contribution in [3.05, 3.63) is 53.8 Å². The summed E-state index contributed by atoms with van der Waals surface area (Å²) < 4.78 is 6.82. The first-order valence-electron chi connectivity index (χ1n) is 6.10. The van der Waals surface area contributed by atoms with Gasteiger partial charge in [0.2, 0.25) is 5.78 Å². The van der Waals surface area contributed by atoms with Gasteiger partial charge in [-0.25, -0.2) is 4.98 Å². The predicted octanol–water partition coefficient (Wildman–Crippen LogP) is 2.26. The lowest BCUT2D eigenvalue weighted by molar-refractivity contribution is 0.0947. The van der Waals surface area contributed by atoms with E-state index in [-0.39, 0.29) is 29.5 Å². The quantitative estimate of drug-likeness (QED) is 0.683. The molecular weight excluding hydrogens is 268 g/mol. The van der Waals surface area contributed by atoms with Gasteiger partial charge in [0, 0.05) is 5.39 Å². The fourth-order valence-corrected chi connectivity index (χ4v) is 2.05. The van der Waals surface area contributed by atoms with Crippen molar-refractivity contribution in [3.63, 3.8) is 0 Å². The van der Waals surface area contributed by atoms with Crippen molar-refractivity contribution in [2.45, 2.75) is 6.54 Å². The minimum absolute atomic E-state index is 0.00917. The van der Waals surface area contributed by atoms with Crippen molar-refractivity contribution >= 4 is 16.8 Å². The zero-order valence-corrected chi connectivity index (χ0v) is 10.8. The molecule has 0 saturated heterocycles. The number of furan rings is 1. The van der Waals surface area contributed by atoms with Gasteiger partial charge < -0.3 is 8.98 Å². The number of fused-ring (bicyclic) bond motifs is 1. The van der Waals surface area contributed by atoms with Gasteiger partial charge in [-0.3, -0.25) is 4.79 Å². The number of carbonyl (C=O) groups excluding carboxylic acids is 1. The summed E-state index contributed by atoms with van der Waals surface area (Å²) in [6.07, 6.45) is 1.30. The largest absolute Gasteiger partial charge is 0.453 e. The minimum Gasteiger partial charge on any atom is -0.453 e. The zero-order valence-electron chi connectivity index (χ0n) is 10.8. The van der Waals surface area contributed by atoms with E-state index in [0.29, 0.717) is 5.58 Å². The van der Waals surface area contributed by atoms with Gasteiger partial charge in [-0.05, 0) is 12.1 Å². The van der Waals surface area contributed by atoms with Crippen LogP contribution in [-0.2, 0) is 6.54 Å². The molecule has 21 heavy (non-hydrogen) atoms. The minimum atomic E-state index is -0.287. The first-order valence-corrected chi connectivity index (χ1v) is 6.10. The number of benzene rings is 1. The number of rotatable bonds is 3. The van der Waals surface area contributed by atoms with Crippen molar-refractivity contribution in [1.82, 2.24) is 9.55 Å². The highest BCUT2D eigenvalue weighted by Crippen LogP contribution is 2.19. The molecule has 2 heterocycles. The first-order chi connectivity index (χ1) is 10.2. The molecule has 0 unspecified atom stereocenters. The predicted molar refractivity (Wildman–Crippen MR) is 72.2 cm³/mol. The molecule has 0 atom stereocenters. The summed E-state index contributed by atoms with van der Waals surface area (Å²) in [7, 11) is 0. The van der Waals surface area contributed by atoms with Gasteiger partial charge in [-0.15, -0.1) is 0 Å². The van der Waals surface area contributed by atoms with Crippen LogP contribution in [0.25, 0.3) is 11.0 Å². The molecule has 0 aliphatic carbocycles. The molecule has 0 amide bonds. The maximum absolute atomic E-state index is 12.2. The number of hydrogen-bond acceptors (Lipinski definition) is 5. The molecule has 6 heteroatoms. The Morgan fingerprint density at radius 2 is 2.10 bits per heavy atom. The molecule has 0 aliphatic rings. The van der Waals surface area contributed by atoms with Crippen molar-refractivity contribution in [2.75, 3.05) is 0 Å². The number of imidazole rings is 1. The lowest BCUT2D eigenvalue weighted by atomic mass is 10.2. The van der Waals surface area contributed by atoms with Crippen LogP contribution in [0.2, 0.25) is 0 Å². The summed E-state index contributed by atoms with van der Waals surface area (Å²) in [5, 5.41) is 18.7. The Morgan fingerprint density at radius 3 is 2.81 bits per heavy atom. The number of aromatic nitrogens is 2. The van der Waals surface area contributed by atoms with Crippen LogP contribution < -0.4 is 0 Å². The molecule has 1 aromatic carbocycles. The highest BCUT2D eigenvalue weighted by Gasteiger charge is 2.16. The molecule has 0 spiro atoms. The van der Waals surface area contributed by atoms with Crippen LogP contribution in [0, 0.1) is 22.7 Å². The second-order valence-corrected chi connectivity index (χ2v) is 4.36. The number of ketones is 1. The Morgan fingerprint density at radius 1 is 1.29 bits per heavy atom. The molecule has 100 valence electrons. The molecule has 0 bridgehead atoms. The number of para-hydroxylation sites is 1. The van der Waals surface area contributed by atoms with E-state index in [0.717, 1.165) is 5.39 Å². The summed E-state index contributed by atoms with van der Waals surface area (Å²) in [6.45, 7) is -0.0998. The lowest BCUT2D eigenvalue weighted by Crippen LogP contribution is -2.10. The van der Waals surface area contributed by atoms with Gasteiger partial charge in [-0.1, -0.05) is 18.2 Å². The number of carbonyl (C=O) groups is 1. The molecule has 0 saturated carbocycles. The maximum Gasteiger partial charge on any atom is 0.217 e. The Balaban J connectivity index is 1.92. The highest BCUT2D eigenvalue weighted by atomic mass is 16.3. The van der Waals surface area contributed by atoms with E-state index in [9.17, 15) is 4.79 Å². The molecule has 0 fully saturated rings. The molecule has 3 rings (SSSR count). The van der Waals surface area contributed by atoms with Gasteiger partial charge in [-0.2, -0.15) is 10.5 Å². The third-order valence-electron chi connectivity index (χ3n) is 3.06. The smallest absolute Gasteiger partial charge is 0.217 e. The monoisotopic (exact) mass is 276 g/mol. The second kappa shape index (κ2) is 4.95. The van der Waals surface area contributed by atoms with Crippen molar-refractivity contribution in [2.24, 2.45) is 0 Å². The van der Waals surface area contributed by atoms with E-state index in [1.54, 1.807) is 12.1 Å². The van der Waals surface area contributed by atoms with E-state index < -0.39 is 0 Å². The standard InChI is InChI=1S/C15H8N4O2/c16-6-11-12(7-17)19(9-18-11)8-13(20)15-5-10-3-1-2-4-14(10)21-15/h1-5,9H,8H2. The highest BCUT2D eigenvalue weighted by molar-refractivity contribution is 5.97. The Kier molecular flexibility index (Phi) is 2.98. The van der Waals surface area contributed by atoms with Crippen molar-refractivity contribution in [3.8, 4) is 12.1 Å². The Labute approximate surface area is 119 Å². The fourth-order valence-electron chi connectivity index (χ4n) is 2.05. The zero-order chi connectivity index (χ0) is 14.8. The van der Waals surface area contributed by atoms with Crippen LogP contribution in [0.5, 0.6) is 0 Å². The average Bonchev–Trinajstić information content (AvgIpc) is 3.10. The topological polar surface area (TPSA) is 95.6 Å². The van der Waals surface area contributed by atoms with Crippen LogP contribution in [0.4, 0.5) is 0 Å². The van der Waals surface area contributed by atoms with Crippen LogP contribution in [0.1, 0.15) is 21.9 Å². The van der Waals surface area contributed by atoms with E-state index in [2.05, 4.69) is 4.98 Å². The number of Topliss-reactive ketones (excluding diaryl/α,β-unsaturated/α-hetero) is 1. The van der Waals surface area contributed by atoms with Gasteiger partial charge in [0.05, 0.1) is 12.9 Å². The van der Waals surface area contributed by atoms with Crippen LogP contribution in [-0.4, -0.2) is 15.3 Å². The number of nitrogens with zero attached hydrogens (tertiary/aromatic N) is 4. The summed E-state index contributed by atoms with van der Waals surface area (Å²) >= 11 is 0.